The largest absolute Gasteiger partial charge is 0.371 e. The van der Waals surface area contributed by atoms with Crippen LogP contribution in [0.4, 0.5) is 0 Å². The second-order valence-electron chi connectivity index (χ2n) is 5.61. The molecule has 1 fully saturated rings. The van der Waals surface area contributed by atoms with Crippen LogP contribution >= 0.6 is 0 Å². The molecule has 0 spiro atoms. The molecule has 20 heavy (non-hydrogen) atoms. The summed E-state index contributed by atoms with van der Waals surface area (Å²) in [5, 5.41) is 12.6. The number of fused-ring (bicyclic) bond motifs is 1. The molecule has 106 valence electrons. The molecule has 0 amide bonds. The first-order valence-electron chi connectivity index (χ1n) is 7.39. The van der Waals surface area contributed by atoms with Gasteiger partial charge in [-0.25, -0.2) is 0 Å². The Morgan fingerprint density at radius 2 is 2.15 bits per heavy atom. The SMILES string of the molecule is N=C1CCCCC(C(CN)c2c[nH]c3ccccc23)N1. The molecule has 1 saturated heterocycles. The Bertz CT molecular complexity index is 601. The minimum Gasteiger partial charge on any atom is -0.371 e. The van der Waals surface area contributed by atoms with E-state index in [2.05, 4.69) is 34.7 Å². The number of aromatic amines is 1. The standard InChI is InChI=1S/C16H22N4/c17-9-12(15-7-3-4-8-16(18)20-15)13-10-19-14-6-2-1-5-11(13)14/h1-2,5-6,10,12,15,19H,3-4,7-9,17H2,(H2,18,20). The molecule has 1 aromatic carbocycles. The number of aromatic nitrogens is 1. The number of hydrogen-bond donors (Lipinski definition) is 4. The van der Waals surface area contributed by atoms with Crippen LogP contribution in [0.1, 0.15) is 37.2 Å². The Morgan fingerprint density at radius 1 is 1.30 bits per heavy atom. The summed E-state index contributed by atoms with van der Waals surface area (Å²) >= 11 is 0. The van der Waals surface area contributed by atoms with Crippen molar-refractivity contribution in [2.45, 2.75) is 37.6 Å². The van der Waals surface area contributed by atoms with Gasteiger partial charge in [0.25, 0.3) is 0 Å². The summed E-state index contributed by atoms with van der Waals surface area (Å²) in [6.45, 7) is 0.604. The second kappa shape index (κ2) is 5.67. The topological polar surface area (TPSA) is 77.7 Å². The average Bonchev–Trinajstić information content (AvgIpc) is 2.76. The summed E-state index contributed by atoms with van der Waals surface area (Å²) < 4.78 is 0. The number of hydrogen-bond acceptors (Lipinski definition) is 2. The van der Waals surface area contributed by atoms with E-state index in [1.165, 1.54) is 17.4 Å². The second-order valence-corrected chi connectivity index (χ2v) is 5.61. The molecule has 1 aliphatic heterocycles. The summed E-state index contributed by atoms with van der Waals surface area (Å²) in [5.41, 5.74) is 8.49. The molecule has 0 bridgehead atoms. The van der Waals surface area contributed by atoms with Crippen molar-refractivity contribution in [3.63, 3.8) is 0 Å². The molecule has 2 atom stereocenters. The molecule has 2 heterocycles. The van der Waals surface area contributed by atoms with Crippen LogP contribution in [0.3, 0.4) is 0 Å². The van der Waals surface area contributed by atoms with Gasteiger partial charge in [-0.05, 0) is 24.5 Å². The van der Waals surface area contributed by atoms with E-state index in [0.29, 0.717) is 12.4 Å². The lowest BCUT2D eigenvalue weighted by atomic mass is 9.88. The highest BCUT2D eigenvalue weighted by atomic mass is 15.0. The van der Waals surface area contributed by atoms with E-state index < -0.39 is 0 Å². The van der Waals surface area contributed by atoms with E-state index in [0.717, 1.165) is 24.8 Å². The van der Waals surface area contributed by atoms with Crippen LogP contribution in [0.5, 0.6) is 0 Å². The highest BCUT2D eigenvalue weighted by Gasteiger charge is 2.26. The van der Waals surface area contributed by atoms with Gasteiger partial charge in [0.05, 0.1) is 5.84 Å². The monoisotopic (exact) mass is 270 g/mol. The van der Waals surface area contributed by atoms with E-state index in [9.17, 15) is 0 Å². The predicted molar refractivity (Wildman–Crippen MR) is 83.2 cm³/mol. The Hall–Kier alpha value is -1.81. The van der Waals surface area contributed by atoms with Gasteiger partial charge in [-0.1, -0.05) is 24.6 Å². The fraction of sp³-hybridized carbons (Fsp3) is 0.438. The fourth-order valence-corrected chi connectivity index (χ4v) is 3.24. The zero-order valence-electron chi connectivity index (χ0n) is 11.7. The van der Waals surface area contributed by atoms with Crippen molar-refractivity contribution in [2.24, 2.45) is 5.73 Å². The number of nitrogens with two attached hydrogens (primary N) is 1. The van der Waals surface area contributed by atoms with E-state index >= 15 is 0 Å². The minimum atomic E-state index is 0.254. The quantitative estimate of drug-likeness (QED) is 0.692. The number of benzene rings is 1. The van der Waals surface area contributed by atoms with Gasteiger partial charge in [0.1, 0.15) is 0 Å². The zero-order chi connectivity index (χ0) is 13.9. The van der Waals surface area contributed by atoms with Gasteiger partial charge >= 0.3 is 0 Å². The number of para-hydroxylation sites is 1. The van der Waals surface area contributed by atoms with E-state index in [1.807, 2.05) is 6.07 Å². The van der Waals surface area contributed by atoms with Crippen molar-refractivity contribution >= 4 is 16.7 Å². The Labute approximate surface area is 119 Å². The molecule has 4 heteroatoms. The average molecular weight is 270 g/mol. The maximum Gasteiger partial charge on any atom is 0.0933 e. The summed E-state index contributed by atoms with van der Waals surface area (Å²) in [6.07, 6.45) is 6.30. The van der Waals surface area contributed by atoms with Gasteiger partial charge in [-0.2, -0.15) is 0 Å². The van der Waals surface area contributed by atoms with Crippen LogP contribution in [0.15, 0.2) is 30.5 Å². The molecular weight excluding hydrogens is 248 g/mol. The summed E-state index contributed by atoms with van der Waals surface area (Å²) in [6, 6.07) is 8.62. The third kappa shape index (κ3) is 2.43. The first kappa shape index (κ1) is 13.2. The van der Waals surface area contributed by atoms with E-state index in [-0.39, 0.29) is 12.0 Å². The first-order chi connectivity index (χ1) is 9.79. The first-order valence-corrected chi connectivity index (χ1v) is 7.39. The Kier molecular flexibility index (Phi) is 3.74. The van der Waals surface area contributed by atoms with Crippen molar-refractivity contribution in [1.82, 2.24) is 10.3 Å². The van der Waals surface area contributed by atoms with Crippen molar-refractivity contribution in [3.8, 4) is 0 Å². The van der Waals surface area contributed by atoms with Gasteiger partial charge in [0.2, 0.25) is 0 Å². The Morgan fingerprint density at radius 3 is 3.00 bits per heavy atom. The minimum absolute atomic E-state index is 0.254. The van der Waals surface area contributed by atoms with Gasteiger partial charge < -0.3 is 16.0 Å². The summed E-state index contributed by atoms with van der Waals surface area (Å²) in [5.74, 6) is 0.912. The molecule has 2 aromatic rings. The molecule has 3 rings (SSSR count). The highest BCUT2D eigenvalue weighted by molar-refractivity contribution is 5.84. The molecule has 4 nitrogen and oxygen atoms in total. The zero-order valence-corrected chi connectivity index (χ0v) is 11.7. The molecule has 2 unspecified atom stereocenters. The molecule has 0 aliphatic carbocycles. The predicted octanol–water partition coefficient (Wildman–Crippen LogP) is 2.72. The maximum absolute atomic E-state index is 7.96. The smallest absolute Gasteiger partial charge is 0.0933 e. The van der Waals surface area contributed by atoms with Gasteiger partial charge in [-0.3, -0.25) is 5.41 Å². The van der Waals surface area contributed by atoms with Crippen molar-refractivity contribution in [3.05, 3.63) is 36.0 Å². The van der Waals surface area contributed by atoms with Crippen molar-refractivity contribution in [1.29, 1.82) is 5.41 Å². The van der Waals surface area contributed by atoms with Crippen LogP contribution in [0.2, 0.25) is 0 Å². The van der Waals surface area contributed by atoms with Crippen LogP contribution in [0.25, 0.3) is 10.9 Å². The normalized spacial score (nSPS) is 21.4. The lowest BCUT2D eigenvalue weighted by Gasteiger charge is -2.26. The van der Waals surface area contributed by atoms with E-state index in [1.54, 1.807) is 0 Å². The van der Waals surface area contributed by atoms with Gasteiger partial charge in [-0.15, -0.1) is 0 Å². The highest BCUT2D eigenvalue weighted by Crippen LogP contribution is 2.30. The van der Waals surface area contributed by atoms with Crippen LogP contribution < -0.4 is 11.1 Å². The van der Waals surface area contributed by atoms with Gasteiger partial charge in [0, 0.05) is 42.0 Å². The number of H-pyrrole nitrogens is 1. The van der Waals surface area contributed by atoms with Crippen LogP contribution in [0, 0.1) is 5.41 Å². The van der Waals surface area contributed by atoms with Crippen LogP contribution in [-0.4, -0.2) is 23.4 Å². The molecular formula is C16H22N4. The third-order valence-corrected chi connectivity index (χ3v) is 4.31. The lowest BCUT2D eigenvalue weighted by molar-refractivity contribution is 0.465. The third-order valence-electron chi connectivity index (χ3n) is 4.31. The molecule has 1 aromatic heterocycles. The van der Waals surface area contributed by atoms with Crippen LogP contribution in [-0.2, 0) is 0 Å². The molecule has 0 saturated carbocycles. The fourth-order valence-electron chi connectivity index (χ4n) is 3.24. The van der Waals surface area contributed by atoms with Crippen molar-refractivity contribution < 1.29 is 0 Å². The molecule has 0 radical (unpaired) electrons. The van der Waals surface area contributed by atoms with Gasteiger partial charge in [0.15, 0.2) is 0 Å². The van der Waals surface area contributed by atoms with E-state index in [4.69, 9.17) is 11.1 Å². The van der Waals surface area contributed by atoms with Crippen molar-refractivity contribution in [2.75, 3.05) is 6.54 Å². The molecule has 1 aliphatic rings. The summed E-state index contributed by atoms with van der Waals surface area (Å²) in [7, 11) is 0. The molecule has 5 N–H and O–H groups in total. The number of rotatable bonds is 3. The lowest BCUT2D eigenvalue weighted by Crippen LogP contribution is -2.40. The Balaban J connectivity index is 1.94. The number of nitrogens with one attached hydrogen (secondary N) is 3. The summed E-state index contributed by atoms with van der Waals surface area (Å²) in [4.78, 5) is 3.33. The number of amidine groups is 1. The maximum atomic E-state index is 7.96.